The Morgan fingerprint density at radius 2 is 1.79 bits per heavy atom. The van der Waals surface area contributed by atoms with E-state index in [1.54, 1.807) is 18.7 Å². The second-order valence-electron chi connectivity index (χ2n) is 3.74. The number of nitrogens with zero attached hydrogens (tertiary/aromatic N) is 2. The summed E-state index contributed by atoms with van der Waals surface area (Å²) in [5, 5.41) is 8.73. The van der Waals surface area contributed by atoms with Gasteiger partial charge in [0.25, 0.3) is 0 Å². The van der Waals surface area contributed by atoms with Gasteiger partial charge in [-0.25, -0.2) is 0 Å². The van der Waals surface area contributed by atoms with Gasteiger partial charge in [0.15, 0.2) is 0 Å². The Morgan fingerprint density at radius 3 is 2.14 bits per heavy atom. The summed E-state index contributed by atoms with van der Waals surface area (Å²) < 4.78 is 0. The van der Waals surface area contributed by atoms with Crippen LogP contribution in [0.4, 0.5) is 0 Å². The lowest BCUT2D eigenvalue weighted by Gasteiger charge is -2.22. The van der Waals surface area contributed by atoms with E-state index in [1.165, 1.54) is 0 Å². The molecular formula is C11H18N2O. The molecule has 0 spiro atoms. The smallest absolute Gasteiger partial charge is 0.242 e. The molecule has 1 fully saturated rings. The van der Waals surface area contributed by atoms with Gasteiger partial charge in [-0.15, -0.1) is 13.2 Å². The van der Waals surface area contributed by atoms with Crippen molar-refractivity contribution in [2.24, 2.45) is 5.41 Å². The van der Waals surface area contributed by atoms with E-state index in [9.17, 15) is 4.79 Å². The first-order valence-electron chi connectivity index (χ1n) is 4.78. The number of carbonyl (C=O) groups is 1. The van der Waals surface area contributed by atoms with Crippen LogP contribution in [0.25, 0.3) is 0 Å². The maximum atomic E-state index is 11.6. The number of hydrogen-bond acceptors (Lipinski definition) is 2. The lowest BCUT2D eigenvalue weighted by atomic mass is 9.94. The summed E-state index contributed by atoms with van der Waals surface area (Å²) in [5.74, 6) is -0.0255. The molecule has 1 aliphatic heterocycles. The van der Waals surface area contributed by atoms with E-state index in [2.05, 4.69) is 13.2 Å². The number of nitriles is 1. The molecule has 0 saturated carbocycles. The molecule has 1 aliphatic rings. The van der Waals surface area contributed by atoms with Gasteiger partial charge in [-0.1, -0.05) is 0 Å². The van der Waals surface area contributed by atoms with Crippen molar-refractivity contribution in [3.05, 3.63) is 13.2 Å². The SMILES string of the molecule is C=C.CC(C)(C#N)C(=O)N1CCCC1. The highest BCUT2D eigenvalue weighted by Crippen LogP contribution is 2.20. The molecule has 1 saturated heterocycles. The molecule has 0 aromatic heterocycles. The highest BCUT2D eigenvalue weighted by atomic mass is 16.2. The van der Waals surface area contributed by atoms with Crippen molar-refractivity contribution in [2.75, 3.05) is 13.1 Å². The van der Waals surface area contributed by atoms with Crippen molar-refractivity contribution in [1.82, 2.24) is 4.90 Å². The van der Waals surface area contributed by atoms with Crippen molar-refractivity contribution in [3.63, 3.8) is 0 Å². The summed E-state index contributed by atoms with van der Waals surface area (Å²) in [5.41, 5.74) is -0.843. The highest BCUT2D eigenvalue weighted by Gasteiger charge is 2.32. The van der Waals surface area contributed by atoms with Crippen molar-refractivity contribution >= 4 is 5.91 Å². The molecule has 0 radical (unpaired) electrons. The minimum Gasteiger partial charge on any atom is -0.341 e. The first-order valence-corrected chi connectivity index (χ1v) is 4.78. The zero-order valence-corrected chi connectivity index (χ0v) is 9.05. The zero-order valence-electron chi connectivity index (χ0n) is 9.05. The Labute approximate surface area is 86.0 Å². The predicted octanol–water partition coefficient (Wildman–Crippen LogP) is 1.96. The number of hydrogen-bond donors (Lipinski definition) is 0. The van der Waals surface area contributed by atoms with Crippen LogP contribution in [-0.2, 0) is 4.79 Å². The maximum Gasteiger partial charge on any atom is 0.242 e. The van der Waals surface area contributed by atoms with Crippen LogP contribution in [0.2, 0.25) is 0 Å². The molecule has 0 unspecified atom stereocenters. The molecule has 0 aliphatic carbocycles. The quantitative estimate of drug-likeness (QED) is 0.599. The largest absolute Gasteiger partial charge is 0.341 e. The van der Waals surface area contributed by atoms with Crippen molar-refractivity contribution in [1.29, 1.82) is 5.26 Å². The van der Waals surface area contributed by atoms with Crippen LogP contribution in [0.1, 0.15) is 26.7 Å². The third kappa shape index (κ3) is 2.88. The van der Waals surface area contributed by atoms with Gasteiger partial charge in [0.2, 0.25) is 5.91 Å². The minimum absolute atomic E-state index is 0.0255. The van der Waals surface area contributed by atoms with Crippen molar-refractivity contribution < 1.29 is 4.79 Å². The van der Waals surface area contributed by atoms with Crippen LogP contribution in [0.3, 0.4) is 0 Å². The zero-order chi connectivity index (χ0) is 11.2. The van der Waals surface area contributed by atoms with E-state index < -0.39 is 5.41 Å². The molecule has 0 N–H and O–H groups in total. The molecule has 78 valence electrons. The molecule has 1 rings (SSSR count). The highest BCUT2D eigenvalue weighted by molar-refractivity contribution is 5.84. The van der Waals surface area contributed by atoms with Gasteiger partial charge in [0.1, 0.15) is 5.41 Å². The fourth-order valence-electron chi connectivity index (χ4n) is 1.36. The molecule has 0 atom stereocenters. The van der Waals surface area contributed by atoms with Crippen LogP contribution in [0.15, 0.2) is 13.2 Å². The van der Waals surface area contributed by atoms with Gasteiger partial charge in [0, 0.05) is 13.1 Å². The fraction of sp³-hybridized carbons (Fsp3) is 0.636. The monoisotopic (exact) mass is 194 g/mol. The second-order valence-corrected chi connectivity index (χ2v) is 3.74. The average molecular weight is 194 g/mol. The van der Waals surface area contributed by atoms with E-state index >= 15 is 0 Å². The summed E-state index contributed by atoms with van der Waals surface area (Å²) >= 11 is 0. The van der Waals surface area contributed by atoms with Crippen LogP contribution >= 0.6 is 0 Å². The van der Waals surface area contributed by atoms with Gasteiger partial charge in [-0.3, -0.25) is 4.79 Å². The lowest BCUT2D eigenvalue weighted by molar-refractivity contribution is -0.136. The Bertz CT molecular complexity index is 234. The normalized spacial score (nSPS) is 15.4. The summed E-state index contributed by atoms with van der Waals surface area (Å²) in [4.78, 5) is 13.4. The lowest BCUT2D eigenvalue weighted by Crippen LogP contribution is -2.38. The van der Waals surface area contributed by atoms with Crippen LogP contribution in [-0.4, -0.2) is 23.9 Å². The van der Waals surface area contributed by atoms with E-state index in [4.69, 9.17) is 5.26 Å². The summed E-state index contributed by atoms with van der Waals surface area (Å²) in [6.07, 6.45) is 2.15. The minimum atomic E-state index is -0.843. The first-order chi connectivity index (χ1) is 6.58. The third-order valence-corrected chi connectivity index (χ3v) is 2.21. The van der Waals surface area contributed by atoms with Gasteiger partial charge in [0.05, 0.1) is 6.07 Å². The number of likely N-dealkylation sites (tertiary alicyclic amines) is 1. The van der Waals surface area contributed by atoms with Crippen molar-refractivity contribution in [2.45, 2.75) is 26.7 Å². The fourth-order valence-corrected chi connectivity index (χ4v) is 1.36. The van der Waals surface area contributed by atoms with Crippen molar-refractivity contribution in [3.8, 4) is 6.07 Å². The van der Waals surface area contributed by atoms with Crippen LogP contribution in [0.5, 0.6) is 0 Å². The van der Waals surface area contributed by atoms with Gasteiger partial charge < -0.3 is 4.90 Å². The molecule has 0 aromatic carbocycles. The Balaban J connectivity index is 0.000000791. The van der Waals surface area contributed by atoms with E-state index in [0.717, 1.165) is 25.9 Å². The standard InChI is InChI=1S/C9H14N2O.C2H4/c1-9(2,7-10)8(12)11-5-3-4-6-11;1-2/h3-6H2,1-2H3;1-2H2. The number of carbonyl (C=O) groups excluding carboxylic acids is 1. The molecule has 3 nitrogen and oxygen atoms in total. The second kappa shape index (κ2) is 5.43. The topological polar surface area (TPSA) is 44.1 Å². The summed E-state index contributed by atoms with van der Waals surface area (Å²) in [7, 11) is 0. The molecule has 0 aromatic rings. The van der Waals surface area contributed by atoms with Crippen LogP contribution in [0, 0.1) is 16.7 Å². The maximum absolute atomic E-state index is 11.6. The predicted molar refractivity (Wildman–Crippen MR) is 56.5 cm³/mol. The van der Waals surface area contributed by atoms with E-state index in [0.29, 0.717) is 0 Å². The van der Waals surface area contributed by atoms with E-state index in [-0.39, 0.29) is 5.91 Å². The van der Waals surface area contributed by atoms with Crippen LogP contribution < -0.4 is 0 Å². The third-order valence-electron chi connectivity index (χ3n) is 2.21. The molecular weight excluding hydrogens is 176 g/mol. The molecule has 3 heteroatoms. The molecule has 0 bridgehead atoms. The molecule has 1 heterocycles. The number of rotatable bonds is 1. The Kier molecular flexibility index (Phi) is 4.93. The average Bonchev–Trinajstić information content (AvgIpc) is 2.72. The summed E-state index contributed by atoms with van der Waals surface area (Å²) in [6, 6.07) is 2.03. The van der Waals surface area contributed by atoms with Gasteiger partial charge in [-0.2, -0.15) is 5.26 Å². The molecule has 1 amide bonds. The van der Waals surface area contributed by atoms with Gasteiger partial charge >= 0.3 is 0 Å². The van der Waals surface area contributed by atoms with Gasteiger partial charge in [-0.05, 0) is 26.7 Å². The molecule has 14 heavy (non-hydrogen) atoms. The Morgan fingerprint density at radius 1 is 1.36 bits per heavy atom. The Hall–Kier alpha value is -1.30. The van der Waals surface area contributed by atoms with E-state index in [1.807, 2.05) is 6.07 Å². The number of amides is 1. The summed E-state index contributed by atoms with van der Waals surface area (Å²) in [6.45, 7) is 11.0. The first kappa shape index (κ1) is 12.7.